The lowest BCUT2D eigenvalue weighted by Crippen LogP contribution is -2.36. The highest BCUT2D eigenvalue weighted by Crippen LogP contribution is 2.43. The number of halogens is 3. The monoisotopic (exact) mass is 471 g/mol. The Morgan fingerprint density at radius 3 is 2.41 bits per heavy atom. The quantitative estimate of drug-likeness (QED) is 0.527. The summed E-state index contributed by atoms with van der Waals surface area (Å²) in [5, 5.41) is 4.35. The van der Waals surface area contributed by atoms with Crippen LogP contribution in [0, 0.1) is 0 Å². The molecule has 1 saturated carbocycles. The summed E-state index contributed by atoms with van der Waals surface area (Å²) in [6, 6.07) is 8.88. The van der Waals surface area contributed by atoms with Crippen LogP contribution in [-0.2, 0) is 19.1 Å². The fraction of sp³-hybridized carbons (Fsp3) is 0.360. The molecule has 1 aliphatic heterocycles. The number of carbonyl (C=O) groups is 1. The fourth-order valence-electron chi connectivity index (χ4n) is 4.52. The van der Waals surface area contributed by atoms with Crippen LogP contribution in [0.1, 0.15) is 51.5 Å². The fourth-order valence-corrected chi connectivity index (χ4v) is 4.52. The topological polar surface area (TPSA) is 56.6 Å². The van der Waals surface area contributed by atoms with Crippen molar-refractivity contribution in [1.29, 1.82) is 0 Å². The number of ether oxygens (including phenoxy) is 2. The van der Waals surface area contributed by atoms with Crippen LogP contribution in [-0.4, -0.2) is 41.4 Å². The lowest BCUT2D eigenvalue weighted by Gasteiger charge is -2.29. The molecule has 0 saturated heterocycles. The van der Waals surface area contributed by atoms with Gasteiger partial charge in [-0.3, -0.25) is 4.79 Å². The number of alkyl halides is 3. The number of fused-ring (bicyclic) bond motifs is 1. The van der Waals surface area contributed by atoms with Gasteiger partial charge in [-0.2, -0.15) is 18.3 Å². The van der Waals surface area contributed by atoms with Crippen molar-refractivity contribution in [2.45, 2.75) is 37.9 Å². The van der Waals surface area contributed by atoms with Crippen molar-refractivity contribution in [3.63, 3.8) is 0 Å². The van der Waals surface area contributed by atoms with Gasteiger partial charge in [-0.25, -0.2) is 4.68 Å². The molecule has 9 heteroatoms. The van der Waals surface area contributed by atoms with Crippen molar-refractivity contribution < 1.29 is 27.4 Å². The number of carbonyl (C=O) groups excluding carboxylic acids is 1. The third kappa shape index (κ3) is 3.99. The molecule has 1 aliphatic carbocycles. The first-order chi connectivity index (χ1) is 16.3. The minimum Gasteiger partial charge on any atom is -0.493 e. The molecule has 1 aromatic heterocycles. The van der Waals surface area contributed by atoms with Crippen LogP contribution in [0.5, 0.6) is 11.5 Å². The van der Waals surface area contributed by atoms with E-state index in [0.717, 1.165) is 36.1 Å². The van der Waals surface area contributed by atoms with E-state index in [2.05, 4.69) is 5.10 Å². The second-order valence-electron chi connectivity index (χ2n) is 8.63. The summed E-state index contributed by atoms with van der Waals surface area (Å²) in [4.78, 5) is 15.3. The molecular weight excluding hydrogens is 447 g/mol. The molecule has 1 amide bonds. The van der Waals surface area contributed by atoms with Gasteiger partial charge in [0.2, 0.25) is 0 Å². The molecule has 34 heavy (non-hydrogen) atoms. The Kier molecular flexibility index (Phi) is 5.50. The SMILES string of the molecule is COc1cc2c(cc1OC)CN(C(=O)c1cnn(-c3cccc(C(F)(F)F)c3)c1C1CC1)CC2. The number of hydrogen-bond acceptors (Lipinski definition) is 4. The van der Waals surface area contributed by atoms with Gasteiger partial charge in [0.25, 0.3) is 5.91 Å². The Balaban J connectivity index is 1.47. The van der Waals surface area contributed by atoms with Crippen molar-refractivity contribution in [1.82, 2.24) is 14.7 Å². The summed E-state index contributed by atoms with van der Waals surface area (Å²) in [6.07, 6.45) is -0.537. The van der Waals surface area contributed by atoms with E-state index in [0.29, 0.717) is 48.0 Å². The van der Waals surface area contributed by atoms with Gasteiger partial charge in [-0.15, -0.1) is 0 Å². The number of hydrogen-bond donors (Lipinski definition) is 0. The van der Waals surface area contributed by atoms with Gasteiger partial charge in [0.15, 0.2) is 11.5 Å². The minimum absolute atomic E-state index is 0.109. The van der Waals surface area contributed by atoms with E-state index in [4.69, 9.17) is 9.47 Å². The summed E-state index contributed by atoms with van der Waals surface area (Å²) in [5.41, 5.74) is 2.77. The lowest BCUT2D eigenvalue weighted by atomic mass is 9.98. The van der Waals surface area contributed by atoms with E-state index in [9.17, 15) is 18.0 Å². The molecule has 0 atom stereocenters. The maximum absolute atomic E-state index is 13.5. The highest BCUT2D eigenvalue weighted by molar-refractivity contribution is 5.95. The molecule has 2 heterocycles. The van der Waals surface area contributed by atoms with Gasteiger partial charge in [0, 0.05) is 19.0 Å². The van der Waals surface area contributed by atoms with Crippen LogP contribution in [0.15, 0.2) is 42.6 Å². The molecule has 0 spiro atoms. The zero-order chi connectivity index (χ0) is 24.0. The second kappa shape index (κ2) is 8.38. The third-order valence-corrected chi connectivity index (χ3v) is 6.42. The zero-order valence-corrected chi connectivity index (χ0v) is 18.9. The Labute approximate surface area is 194 Å². The molecule has 0 unspecified atom stereocenters. The van der Waals surface area contributed by atoms with Crippen LogP contribution < -0.4 is 9.47 Å². The Bertz CT molecular complexity index is 1250. The van der Waals surface area contributed by atoms with Gasteiger partial charge in [0.05, 0.1) is 42.9 Å². The molecule has 5 rings (SSSR count). The number of nitrogens with zero attached hydrogens (tertiary/aromatic N) is 3. The normalized spacial score (nSPS) is 15.7. The van der Waals surface area contributed by atoms with Crippen molar-refractivity contribution in [2.24, 2.45) is 0 Å². The van der Waals surface area contributed by atoms with Crippen molar-refractivity contribution in [2.75, 3.05) is 20.8 Å². The average molecular weight is 471 g/mol. The van der Waals surface area contributed by atoms with Crippen molar-refractivity contribution in [3.05, 3.63) is 70.5 Å². The van der Waals surface area contributed by atoms with E-state index < -0.39 is 11.7 Å². The highest BCUT2D eigenvalue weighted by Gasteiger charge is 2.36. The number of benzene rings is 2. The van der Waals surface area contributed by atoms with E-state index in [-0.39, 0.29) is 11.8 Å². The molecule has 6 nitrogen and oxygen atoms in total. The summed E-state index contributed by atoms with van der Waals surface area (Å²) >= 11 is 0. The summed E-state index contributed by atoms with van der Waals surface area (Å²) in [7, 11) is 3.16. The summed E-state index contributed by atoms with van der Waals surface area (Å²) in [6.45, 7) is 0.938. The standard InChI is InChI=1S/C25H24F3N3O3/c1-33-21-10-16-8-9-30(14-17(16)11-22(21)34-2)24(32)20-13-29-31(23(20)15-6-7-15)19-5-3-4-18(12-19)25(26,27)28/h3-5,10-13,15H,6-9,14H2,1-2H3. The molecule has 3 aromatic rings. The minimum atomic E-state index is -4.45. The van der Waals surface area contributed by atoms with Crippen LogP contribution in [0.2, 0.25) is 0 Å². The van der Waals surface area contributed by atoms with Gasteiger partial charge in [0.1, 0.15) is 0 Å². The van der Waals surface area contributed by atoms with Gasteiger partial charge < -0.3 is 14.4 Å². The van der Waals surface area contributed by atoms with Gasteiger partial charge in [-0.1, -0.05) is 6.07 Å². The maximum atomic E-state index is 13.5. The first-order valence-electron chi connectivity index (χ1n) is 11.1. The van der Waals surface area contributed by atoms with Gasteiger partial charge >= 0.3 is 6.18 Å². The maximum Gasteiger partial charge on any atom is 0.416 e. The molecule has 2 aromatic carbocycles. The lowest BCUT2D eigenvalue weighted by molar-refractivity contribution is -0.137. The van der Waals surface area contributed by atoms with Crippen molar-refractivity contribution >= 4 is 5.91 Å². The molecular formula is C25H24F3N3O3. The molecule has 178 valence electrons. The van der Waals surface area contributed by atoms with Crippen LogP contribution in [0.25, 0.3) is 5.69 Å². The van der Waals surface area contributed by atoms with E-state index in [1.165, 1.54) is 16.9 Å². The molecule has 0 radical (unpaired) electrons. The van der Waals surface area contributed by atoms with E-state index in [1.54, 1.807) is 25.2 Å². The van der Waals surface area contributed by atoms with Gasteiger partial charge in [-0.05, 0) is 60.7 Å². The van der Waals surface area contributed by atoms with Crippen molar-refractivity contribution in [3.8, 4) is 17.2 Å². The Morgan fingerprint density at radius 2 is 1.76 bits per heavy atom. The number of aromatic nitrogens is 2. The third-order valence-electron chi connectivity index (χ3n) is 6.42. The first kappa shape index (κ1) is 22.3. The average Bonchev–Trinajstić information content (AvgIpc) is 3.59. The van der Waals surface area contributed by atoms with Crippen LogP contribution in [0.3, 0.4) is 0 Å². The molecule has 0 bridgehead atoms. The number of methoxy groups -OCH3 is 2. The highest BCUT2D eigenvalue weighted by atomic mass is 19.4. The largest absolute Gasteiger partial charge is 0.493 e. The van der Waals surface area contributed by atoms with E-state index in [1.807, 2.05) is 12.1 Å². The zero-order valence-electron chi connectivity index (χ0n) is 18.9. The number of amides is 1. The smallest absolute Gasteiger partial charge is 0.416 e. The predicted molar refractivity (Wildman–Crippen MR) is 119 cm³/mol. The van der Waals surface area contributed by atoms with Crippen LogP contribution in [0.4, 0.5) is 13.2 Å². The Morgan fingerprint density at radius 1 is 1.06 bits per heavy atom. The second-order valence-corrected chi connectivity index (χ2v) is 8.63. The number of rotatable bonds is 5. The molecule has 1 fully saturated rings. The predicted octanol–water partition coefficient (Wildman–Crippen LogP) is 4.98. The van der Waals surface area contributed by atoms with E-state index >= 15 is 0 Å². The molecule has 2 aliphatic rings. The molecule has 0 N–H and O–H groups in total. The summed E-state index contributed by atoms with van der Waals surface area (Å²) in [5.74, 6) is 1.20. The summed E-state index contributed by atoms with van der Waals surface area (Å²) < 4.78 is 52.0. The van der Waals surface area contributed by atoms with Crippen LogP contribution >= 0.6 is 0 Å². The Hall–Kier alpha value is -3.49. The first-order valence-corrected chi connectivity index (χ1v) is 11.1.